The number of hydrogen-bond donors (Lipinski definition) is 1. The average Bonchev–Trinajstić information content (AvgIpc) is 3.37. The van der Waals surface area contributed by atoms with E-state index in [0.29, 0.717) is 28.5 Å². The van der Waals surface area contributed by atoms with E-state index in [9.17, 15) is 14.4 Å². The Hall–Kier alpha value is -3.95. The number of benzene rings is 2. The van der Waals surface area contributed by atoms with E-state index in [0.717, 1.165) is 0 Å². The minimum Gasteiger partial charge on any atom is -0.493 e. The van der Waals surface area contributed by atoms with Crippen LogP contribution in [0.25, 0.3) is 0 Å². The van der Waals surface area contributed by atoms with E-state index in [-0.39, 0.29) is 30.1 Å². The first-order valence-corrected chi connectivity index (χ1v) is 10.2. The highest BCUT2D eigenvalue weighted by Gasteiger charge is 2.47. The number of cyclic esters (lactones) is 1. The maximum Gasteiger partial charge on any atom is 0.344 e. The number of carbonyl (C=O) groups is 3. The van der Waals surface area contributed by atoms with Crippen molar-refractivity contribution in [3.8, 4) is 23.0 Å². The van der Waals surface area contributed by atoms with Crippen molar-refractivity contribution >= 4 is 23.5 Å². The topological polar surface area (TPSA) is 113 Å². The molecule has 33 heavy (non-hydrogen) atoms. The van der Waals surface area contributed by atoms with Gasteiger partial charge in [-0.2, -0.15) is 0 Å². The van der Waals surface area contributed by atoms with Crippen molar-refractivity contribution in [1.29, 1.82) is 0 Å². The van der Waals surface area contributed by atoms with Crippen LogP contribution < -0.4 is 24.3 Å². The summed E-state index contributed by atoms with van der Waals surface area (Å²) in [5.74, 6) is 0.219. The van der Waals surface area contributed by atoms with Crippen molar-refractivity contribution in [1.82, 2.24) is 4.90 Å². The van der Waals surface area contributed by atoms with E-state index in [1.54, 1.807) is 30.3 Å². The summed E-state index contributed by atoms with van der Waals surface area (Å²) >= 11 is 0. The summed E-state index contributed by atoms with van der Waals surface area (Å²) in [5.41, 5.74) is 1.10. The molecule has 1 N–H and O–H groups in total. The lowest BCUT2D eigenvalue weighted by Gasteiger charge is -2.29. The number of nitrogens with zero attached hydrogens (tertiary/aromatic N) is 1. The van der Waals surface area contributed by atoms with Gasteiger partial charge in [-0.15, -0.1) is 0 Å². The van der Waals surface area contributed by atoms with Crippen LogP contribution in [0, 0.1) is 0 Å². The molecule has 0 bridgehead atoms. The van der Waals surface area contributed by atoms with Crippen LogP contribution >= 0.6 is 0 Å². The summed E-state index contributed by atoms with van der Waals surface area (Å²) in [4.78, 5) is 39.9. The normalized spacial score (nSPS) is 19.1. The molecule has 0 spiro atoms. The van der Waals surface area contributed by atoms with Gasteiger partial charge < -0.3 is 29.0 Å². The second-order valence-electron chi connectivity index (χ2n) is 7.44. The molecular formula is C23H24N2O8. The predicted octanol–water partition coefficient (Wildman–Crippen LogP) is 2.52. The van der Waals surface area contributed by atoms with Gasteiger partial charge in [-0.3, -0.25) is 14.5 Å². The molecule has 2 aliphatic heterocycles. The van der Waals surface area contributed by atoms with Gasteiger partial charge in [0, 0.05) is 23.7 Å². The third kappa shape index (κ3) is 3.77. The highest BCUT2D eigenvalue weighted by Crippen LogP contribution is 2.45. The monoisotopic (exact) mass is 456 g/mol. The van der Waals surface area contributed by atoms with Crippen molar-refractivity contribution in [2.75, 3.05) is 33.8 Å². The van der Waals surface area contributed by atoms with Gasteiger partial charge in [-0.1, -0.05) is 0 Å². The van der Waals surface area contributed by atoms with Gasteiger partial charge in [0.05, 0.1) is 28.4 Å². The lowest BCUT2D eigenvalue weighted by atomic mass is 10.1. The Bertz CT molecular complexity index is 1120. The van der Waals surface area contributed by atoms with Crippen LogP contribution in [0.4, 0.5) is 5.69 Å². The summed E-state index contributed by atoms with van der Waals surface area (Å²) in [7, 11) is 5.89. The standard InChI is InChI=1S/C23H24N2O8/c1-29-15-8-5-12(11-17(15)31-3)24-21(27)14-7-10-18(26)25(14)22-13-6-9-16(30-2)20(32-4)19(13)23(28)33-22/h5-6,8-9,11,14,22H,7,10H2,1-4H3,(H,24,27). The van der Waals surface area contributed by atoms with Crippen molar-refractivity contribution in [3.63, 3.8) is 0 Å². The largest absolute Gasteiger partial charge is 0.493 e. The first-order chi connectivity index (χ1) is 15.9. The van der Waals surface area contributed by atoms with Gasteiger partial charge in [0.2, 0.25) is 18.0 Å². The number of anilines is 1. The number of amides is 2. The molecule has 174 valence electrons. The predicted molar refractivity (Wildman–Crippen MR) is 116 cm³/mol. The van der Waals surface area contributed by atoms with Crippen molar-refractivity contribution in [2.24, 2.45) is 0 Å². The zero-order chi connectivity index (χ0) is 23.7. The Morgan fingerprint density at radius 2 is 1.67 bits per heavy atom. The lowest BCUT2D eigenvalue weighted by Crippen LogP contribution is -2.43. The van der Waals surface area contributed by atoms with E-state index < -0.39 is 24.1 Å². The molecule has 4 rings (SSSR count). The molecule has 0 aliphatic carbocycles. The first kappa shape index (κ1) is 22.3. The number of fused-ring (bicyclic) bond motifs is 1. The summed E-state index contributed by atoms with van der Waals surface area (Å²) in [5, 5.41) is 2.81. The van der Waals surface area contributed by atoms with Gasteiger partial charge in [0.15, 0.2) is 23.0 Å². The summed E-state index contributed by atoms with van der Waals surface area (Å²) < 4.78 is 26.6. The number of rotatable bonds is 7. The van der Waals surface area contributed by atoms with Crippen LogP contribution in [0.1, 0.15) is 35.0 Å². The third-order valence-corrected chi connectivity index (χ3v) is 5.73. The molecule has 10 heteroatoms. The maximum atomic E-state index is 13.1. The van der Waals surface area contributed by atoms with Gasteiger partial charge in [-0.05, 0) is 30.7 Å². The second kappa shape index (κ2) is 8.89. The molecule has 2 aromatic carbocycles. The number of methoxy groups -OCH3 is 4. The fourth-order valence-corrected chi connectivity index (χ4v) is 4.18. The highest BCUT2D eigenvalue weighted by atomic mass is 16.6. The fourth-order valence-electron chi connectivity index (χ4n) is 4.18. The minimum absolute atomic E-state index is 0.153. The third-order valence-electron chi connectivity index (χ3n) is 5.73. The van der Waals surface area contributed by atoms with Gasteiger partial charge in [0.1, 0.15) is 11.6 Å². The van der Waals surface area contributed by atoms with Crippen molar-refractivity contribution in [3.05, 3.63) is 41.5 Å². The molecule has 10 nitrogen and oxygen atoms in total. The lowest BCUT2D eigenvalue weighted by molar-refractivity contribution is -0.144. The smallest absolute Gasteiger partial charge is 0.344 e. The van der Waals surface area contributed by atoms with E-state index in [2.05, 4.69) is 5.32 Å². The average molecular weight is 456 g/mol. The molecule has 0 saturated carbocycles. The van der Waals surface area contributed by atoms with Crippen LogP contribution in [0.2, 0.25) is 0 Å². The molecule has 2 aromatic rings. The maximum absolute atomic E-state index is 13.1. The molecule has 0 radical (unpaired) electrons. The first-order valence-electron chi connectivity index (χ1n) is 10.2. The van der Waals surface area contributed by atoms with Crippen molar-refractivity contribution < 1.29 is 38.1 Å². The molecule has 1 saturated heterocycles. The number of nitrogens with one attached hydrogen (secondary N) is 1. The summed E-state index contributed by atoms with van der Waals surface area (Å²) in [6.45, 7) is 0. The van der Waals surface area contributed by atoms with Crippen LogP contribution in [-0.2, 0) is 14.3 Å². The van der Waals surface area contributed by atoms with Crippen LogP contribution in [0.5, 0.6) is 23.0 Å². The molecular weight excluding hydrogens is 432 g/mol. The minimum atomic E-state index is -1.04. The zero-order valence-corrected chi connectivity index (χ0v) is 18.7. The molecule has 2 aliphatic rings. The molecule has 2 heterocycles. The van der Waals surface area contributed by atoms with Crippen molar-refractivity contribution in [2.45, 2.75) is 25.1 Å². The summed E-state index contributed by atoms with van der Waals surface area (Å²) in [6, 6.07) is 7.40. The van der Waals surface area contributed by atoms with Gasteiger partial charge in [-0.25, -0.2) is 4.79 Å². The number of carbonyl (C=O) groups excluding carboxylic acids is 3. The summed E-state index contributed by atoms with van der Waals surface area (Å²) in [6.07, 6.45) is -0.599. The zero-order valence-electron chi connectivity index (χ0n) is 18.7. The van der Waals surface area contributed by atoms with Crippen LogP contribution in [-0.4, -0.2) is 57.2 Å². The van der Waals surface area contributed by atoms with E-state index in [1.807, 2.05) is 0 Å². The van der Waals surface area contributed by atoms with Gasteiger partial charge >= 0.3 is 5.97 Å². The Kier molecular flexibility index (Phi) is 5.99. The molecule has 1 fully saturated rings. The fraction of sp³-hybridized carbons (Fsp3) is 0.348. The number of esters is 1. The Morgan fingerprint density at radius 3 is 2.33 bits per heavy atom. The Morgan fingerprint density at radius 1 is 0.970 bits per heavy atom. The Labute approximate surface area is 190 Å². The Balaban J connectivity index is 1.62. The SMILES string of the molecule is COc1ccc(NC(=O)C2CCC(=O)N2C2OC(=O)c3c2ccc(OC)c3OC)cc1OC. The number of hydrogen-bond acceptors (Lipinski definition) is 8. The molecule has 2 atom stereocenters. The van der Waals surface area contributed by atoms with E-state index >= 15 is 0 Å². The highest BCUT2D eigenvalue weighted by molar-refractivity contribution is 6.01. The molecule has 2 amide bonds. The quantitative estimate of drug-likeness (QED) is 0.633. The molecule has 0 aromatic heterocycles. The second-order valence-corrected chi connectivity index (χ2v) is 7.44. The van der Waals surface area contributed by atoms with E-state index in [4.69, 9.17) is 23.7 Å². The number of ether oxygens (including phenoxy) is 5. The van der Waals surface area contributed by atoms with Crippen LogP contribution in [0.3, 0.4) is 0 Å². The molecule has 2 unspecified atom stereocenters. The van der Waals surface area contributed by atoms with Crippen LogP contribution in [0.15, 0.2) is 30.3 Å². The van der Waals surface area contributed by atoms with E-state index in [1.165, 1.54) is 33.3 Å². The van der Waals surface area contributed by atoms with Gasteiger partial charge in [0.25, 0.3) is 0 Å². The number of likely N-dealkylation sites (tertiary alicyclic amines) is 1.